The zero-order chi connectivity index (χ0) is 25.0. The Morgan fingerprint density at radius 2 is 1.54 bits per heavy atom. The van der Waals surface area contributed by atoms with E-state index in [4.69, 9.17) is 19.3 Å². The number of nitrogens with one attached hydrogen (secondary N) is 2. The fraction of sp³-hybridized carbons (Fsp3) is 0.407. The molecule has 8 nitrogen and oxygen atoms in total. The fourth-order valence-corrected chi connectivity index (χ4v) is 4.27. The zero-order valence-electron chi connectivity index (χ0n) is 21.1. The van der Waals surface area contributed by atoms with Crippen LogP contribution in [0.2, 0.25) is 0 Å². The van der Waals surface area contributed by atoms with Gasteiger partial charge in [0.15, 0.2) is 0 Å². The zero-order valence-corrected chi connectivity index (χ0v) is 21.1. The van der Waals surface area contributed by atoms with E-state index >= 15 is 0 Å². The number of rotatable bonds is 6. The van der Waals surface area contributed by atoms with Crippen molar-refractivity contribution in [2.24, 2.45) is 0 Å². The molecule has 0 unspecified atom stereocenters. The van der Waals surface area contributed by atoms with Crippen molar-refractivity contribution in [3.8, 4) is 28.4 Å². The van der Waals surface area contributed by atoms with E-state index in [1.165, 1.54) is 0 Å². The number of hydrogen-bond acceptors (Lipinski definition) is 6. The maximum absolute atomic E-state index is 13.0. The van der Waals surface area contributed by atoms with E-state index in [-0.39, 0.29) is 5.92 Å². The highest BCUT2D eigenvalue weighted by atomic mass is 16.6. The summed E-state index contributed by atoms with van der Waals surface area (Å²) >= 11 is 0. The number of carbonyl (C=O) groups is 1. The average molecular weight is 479 g/mol. The number of methoxy groups -OCH3 is 2. The molecule has 2 aromatic carbocycles. The van der Waals surface area contributed by atoms with E-state index in [2.05, 4.69) is 10.6 Å². The van der Waals surface area contributed by atoms with Crippen molar-refractivity contribution in [1.82, 2.24) is 15.1 Å². The Bertz CT molecular complexity index is 1140. The third kappa shape index (κ3) is 5.77. The molecule has 0 atom stereocenters. The normalized spacial score (nSPS) is 14.4. The molecule has 0 radical (unpaired) electrons. The molecule has 0 bridgehead atoms. The van der Waals surface area contributed by atoms with Crippen molar-refractivity contribution >= 4 is 11.8 Å². The van der Waals surface area contributed by atoms with Crippen LogP contribution in [-0.4, -0.2) is 48.8 Å². The molecule has 4 rings (SSSR count). The van der Waals surface area contributed by atoms with Gasteiger partial charge in [0.1, 0.15) is 17.1 Å². The molecule has 2 heterocycles. The van der Waals surface area contributed by atoms with Crippen LogP contribution in [0.15, 0.2) is 48.5 Å². The van der Waals surface area contributed by atoms with Gasteiger partial charge in [0, 0.05) is 11.5 Å². The van der Waals surface area contributed by atoms with Gasteiger partial charge in [-0.15, -0.1) is 0 Å². The number of aromatic nitrogens is 2. The summed E-state index contributed by atoms with van der Waals surface area (Å²) in [5.74, 6) is 1.72. The molecule has 0 saturated carbocycles. The Morgan fingerprint density at radius 3 is 2.09 bits per heavy atom. The monoisotopic (exact) mass is 478 g/mol. The Hall–Kier alpha value is -3.52. The quantitative estimate of drug-likeness (QED) is 0.495. The van der Waals surface area contributed by atoms with E-state index in [0.717, 1.165) is 60.1 Å². The second kappa shape index (κ2) is 10.4. The van der Waals surface area contributed by atoms with E-state index in [1.54, 1.807) is 14.2 Å². The maximum atomic E-state index is 13.0. The van der Waals surface area contributed by atoms with E-state index < -0.39 is 11.7 Å². The van der Waals surface area contributed by atoms with Gasteiger partial charge in [-0.25, -0.2) is 9.48 Å². The first-order valence-electron chi connectivity index (χ1n) is 11.9. The number of hydrogen-bond donors (Lipinski definition) is 2. The second-order valence-corrected chi connectivity index (χ2v) is 9.60. The van der Waals surface area contributed by atoms with Crippen molar-refractivity contribution in [3.05, 3.63) is 54.2 Å². The van der Waals surface area contributed by atoms with Crippen LogP contribution in [0.25, 0.3) is 16.9 Å². The predicted molar refractivity (Wildman–Crippen MR) is 137 cm³/mol. The van der Waals surface area contributed by atoms with Gasteiger partial charge >= 0.3 is 6.09 Å². The lowest BCUT2D eigenvalue weighted by atomic mass is 9.93. The minimum atomic E-state index is -0.620. The molecular formula is C27H34N4O4. The van der Waals surface area contributed by atoms with Crippen molar-refractivity contribution in [2.75, 3.05) is 32.6 Å². The van der Waals surface area contributed by atoms with Gasteiger partial charge in [-0.3, -0.25) is 5.32 Å². The number of anilines is 1. The summed E-state index contributed by atoms with van der Waals surface area (Å²) in [4.78, 5) is 13.0. The summed E-state index contributed by atoms with van der Waals surface area (Å²) in [7, 11) is 3.28. The van der Waals surface area contributed by atoms with Crippen molar-refractivity contribution in [2.45, 2.75) is 45.1 Å². The van der Waals surface area contributed by atoms with Crippen LogP contribution >= 0.6 is 0 Å². The molecule has 8 heteroatoms. The fourth-order valence-electron chi connectivity index (χ4n) is 4.27. The summed E-state index contributed by atoms with van der Waals surface area (Å²) in [6.45, 7) is 7.37. The molecule has 3 aromatic rings. The molecule has 1 fully saturated rings. The molecule has 1 amide bonds. The van der Waals surface area contributed by atoms with Crippen LogP contribution in [0.3, 0.4) is 0 Å². The third-order valence-electron chi connectivity index (χ3n) is 5.94. The van der Waals surface area contributed by atoms with Crippen molar-refractivity contribution in [3.63, 3.8) is 0 Å². The topological polar surface area (TPSA) is 86.6 Å². The van der Waals surface area contributed by atoms with E-state index in [0.29, 0.717) is 5.69 Å². The van der Waals surface area contributed by atoms with Crippen LogP contribution in [0.1, 0.15) is 45.2 Å². The molecule has 1 aliphatic heterocycles. The van der Waals surface area contributed by atoms with E-state index in [1.807, 2.05) is 74.0 Å². The number of nitrogens with zero attached hydrogens (tertiary/aromatic N) is 2. The Kier molecular flexibility index (Phi) is 7.31. The molecule has 1 aliphatic rings. The van der Waals surface area contributed by atoms with Crippen LogP contribution in [0.4, 0.5) is 10.5 Å². The van der Waals surface area contributed by atoms with Gasteiger partial charge in [-0.2, -0.15) is 5.10 Å². The minimum absolute atomic E-state index is 0.206. The lowest BCUT2D eigenvalue weighted by Gasteiger charge is -2.23. The first kappa shape index (κ1) is 24.6. The highest BCUT2D eigenvalue weighted by Crippen LogP contribution is 2.40. The lowest BCUT2D eigenvalue weighted by molar-refractivity contribution is 0.0635. The Morgan fingerprint density at radius 1 is 0.971 bits per heavy atom. The van der Waals surface area contributed by atoms with Gasteiger partial charge in [-0.1, -0.05) is 0 Å². The number of amides is 1. The number of piperidine rings is 1. The lowest BCUT2D eigenvalue weighted by Crippen LogP contribution is -2.29. The van der Waals surface area contributed by atoms with Crippen LogP contribution in [-0.2, 0) is 4.74 Å². The summed E-state index contributed by atoms with van der Waals surface area (Å²) < 4.78 is 18.2. The molecule has 186 valence electrons. The average Bonchev–Trinajstić information content (AvgIpc) is 3.22. The molecule has 1 aromatic heterocycles. The van der Waals surface area contributed by atoms with Crippen LogP contribution in [0, 0.1) is 0 Å². The Labute approximate surface area is 206 Å². The maximum Gasteiger partial charge on any atom is 0.412 e. The van der Waals surface area contributed by atoms with Gasteiger partial charge in [0.25, 0.3) is 0 Å². The summed E-state index contributed by atoms with van der Waals surface area (Å²) in [6.07, 6.45) is 1.37. The number of benzene rings is 2. The molecule has 2 N–H and O–H groups in total. The third-order valence-corrected chi connectivity index (χ3v) is 5.94. The molecule has 0 spiro atoms. The smallest absolute Gasteiger partial charge is 0.412 e. The summed E-state index contributed by atoms with van der Waals surface area (Å²) in [5.41, 5.74) is 3.47. The van der Waals surface area contributed by atoms with Gasteiger partial charge < -0.3 is 19.5 Å². The van der Waals surface area contributed by atoms with Crippen molar-refractivity contribution < 1.29 is 19.0 Å². The van der Waals surface area contributed by atoms with Crippen LogP contribution < -0.4 is 20.1 Å². The minimum Gasteiger partial charge on any atom is -0.497 e. The van der Waals surface area contributed by atoms with Gasteiger partial charge in [-0.05, 0) is 95.2 Å². The first-order chi connectivity index (χ1) is 16.8. The number of ether oxygens (including phenoxy) is 3. The molecule has 0 aliphatic carbocycles. The highest BCUT2D eigenvalue weighted by molar-refractivity contribution is 5.92. The highest BCUT2D eigenvalue weighted by Gasteiger charge is 2.29. The first-order valence-corrected chi connectivity index (χ1v) is 11.9. The molecule has 35 heavy (non-hydrogen) atoms. The standard InChI is InChI=1S/C27H34N4O4/c1-27(2,3)35-26(32)29-24-23(18-14-16-28-17-15-18)30-31(20-8-12-22(34-5)13-9-20)25(24)19-6-10-21(33-4)11-7-19/h6-13,18,28H,14-17H2,1-5H3,(H,29,32). The van der Waals surface area contributed by atoms with E-state index in [9.17, 15) is 4.79 Å². The second-order valence-electron chi connectivity index (χ2n) is 9.60. The van der Waals surface area contributed by atoms with Crippen LogP contribution in [0.5, 0.6) is 11.5 Å². The van der Waals surface area contributed by atoms with Crippen molar-refractivity contribution in [1.29, 1.82) is 0 Å². The molecular weight excluding hydrogens is 444 g/mol. The SMILES string of the molecule is COc1ccc(-c2c(NC(=O)OC(C)(C)C)c(C3CCNCC3)nn2-c2ccc(OC)cc2)cc1. The summed E-state index contributed by atoms with van der Waals surface area (Å²) in [5, 5.41) is 11.5. The Balaban J connectivity index is 1.89. The molecule has 1 saturated heterocycles. The predicted octanol–water partition coefficient (Wildman–Crippen LogP) is 5.37. The largest absolute Gasteiger partial charge is 0.497 e. The van der Waals surface area contributed by atoms with Gasteiger partial charge in [0.2, 0.25) is 0 Å². The van der Waals surface area contributed by atoms with Gasteiger partial charge in [0.05, 0.1) is 37.0 Å². The summed E-state index contributed by atoms with van der Waals surface area (Å²) in [6, 6.07) is 15.5. The number of carbonyl (C=O) groups excluding carboxylic acids is 1.